The largest absolute Gasteiger partial charge is 0.372 e. The Kier molecular flexibility index (Phi) is 3.64. The Morgan fingerprint density at radius 1 is 1.00 bits per heavy atom. The number of para-hydroxylation sites is 2. The maximum atomic E-state index is 14.5. The van der Waals surface area contributed by atoms with Gasteiger partial charge in [-0.2, -0.15) is 0 Å². The van der Waals surface area contributed by atoms with E-state index in [1.165, 1.54) is 6.07 Å². The summed E-state index contributed by atoms with van der Waals surface area (Å²) in [6.45, 7) is 4.19. The van der Waals surface area contributed by atoms with Crippen LogP contribution in [-0.2, 0) is 4.79 Å². The third-order valence-electron chi connectivity index (χ3n) is 4.94. The van der Waals surface area contributed by atoms with Crippen molar-refractivity contribution >= 4 is 17.2 Å². The van der Waals surface area contributed by atoms with Gasteiger partial charge >= 0.3 is 0 Å². The van der Waals surface area contributed by atoms with Crippen LogP contribution in [0, 0.1) is 11.2 Å². The fourth-order valence-electron chi connectivity index (χ4n) is 3.83. The van der Waals surface area contributed by atoms with Crippen LogP contribution in [0.25, 0.3) is 0 Å². The van der Waals surface area contributed by atoms with Crippen LogP contribution < -0.4 is 10.6 Å². The maximum absolute atomic E-state index is 14.5. The predicted octanol–water partition coefficient (Wildman–Crippen LogP) is 5.05. The molecule has 2 aliphatic rings. The number of rotatable bonds is 1. The highest BCUT2D eigenvalue weighted by Gasteiger charge is 2.39. The molecule has 2 N–H and O–H groups in total. The molecule has 4 rings (SSSR count). The Morgan fingerprint density at radius 3 is 2.44 bits per heavy atom. The molecule has 0 bridgehead atoms. The van der Waals surface area contributed by atoms with E-state index in [-0.39, 0.29) is 17.0 Å². The van der Waals surface area contributed by atoms with Crippen LogP contribution in [0.15, 0.2) is 59.8 Å². The summed E-state index contributed by atoms with van der Waals surface area (Å²) in [7, 11) is 0. The van der Waals surface area contributed by atoms with Gasteiger partial charge in [0.2, 0.25) is 0 Å². The van der Waals surface area contributed by atoms with E-state index in [4.69, 9.17) is 0 Å². The van der Waals surface area contributed by atoms with E-state index in [1.807, 2.05) is 30.3 Å². The molecule has 1 aliphatic heterocycles. The van der Waals surface area contributed by atoms with E-state index < -0.39 is 6.04 Å². The Hall–Kier alpha value is -2.62. The van der Waals surface area contributed by atoms with Crippen molar-refractivity contribution in [2.45, 2.75) is 32.7 Å². The summed E-state index contributed by atoms with van der Waals surface area (Å²) in [5.74, 6) is -0.226. The molecule has 0 saturated carbocycles. The average Bonchev–Trinajstić information content (AvgIpc) is 2.70. The van der Waals surface area contributed by atoms with Crippen molar-refractivity contribution < 1.29 is 9.18 Å². The second kappa shape index (κ2) is 5.73. The van der Waals surface area contributed by atoms with Crippen LogP contribution in [0.4, 0.5) is 15.8 Å². The molecule has 1 atom stereocenters. The van der Waals surface area contributed by atoms with Crippen LogP contribution >= 0.6 is 0 Å². The van der Waals surface area contributed by atoms with E-state index in [1.54, 1.807) is 12.1 Å². The van der Waals surface area contributed by atoms with Crippen molar-refractivity contribution in [3.05, 3.63) is 71.2 Å². The Bertz CT molecular complexity index is 885. The SMILES string of the molecule is CC1(C)CC(=O)C2=C(C1)Nc1ccccc1NC2c1ccccc1F. The number of carbonyl (C=O) groups excluding carboxylic acids is 1. The van der Waals surface area contributed by atoms with Crippen molar-refractivity contribution in [1.29, 1.82) is 0 Å². The summed E-state index contributed by atoms with van der Waals surface area (Å²) in [6.07, 6.45) is 1.23. The van der Waals surface area contributed by atoms with Crippen molar-refractivity contribution in [2.75, 3.05) is 10.6 Å². The molecular formula is C21H21FN2O. The van der Waals surface area contributed by atoms with Crippen molar-refractivity contribution in [2.24, 2.45) is 5.41 Å². The molecule has 4 heteroatoms. The highest BCUT2D eigenvalue weighted by Crippen LogP contribution is 2.45. The van der Waals surface area contributed by atoms with Gasteiger partial charge in [-0.25, -0.2) is 4.39 Å². The highest BCUT2D eigenvalue weighted by atomic mass is 19.1. The molecule has 1 aliphatic carbocycles. The van der Waals surface area contributed by atoms with Crippen LogP contribution in [0.1, 0.15) is 38.3 Å². The molecule has 1 heterocycles. The van der Waals surface area contributed by atoms with Crippen LogP contribution in [0.3, 0.4) is 0 Å². The monoisotopic (exact) mass is 336 g/mol. The standard InChI is InChI=1S/C21H21FN2O/c1-21(2)11-17-19(18(25)12-21)20(13-7-3-4-8-14(13)22)24-16-10-6-5-9-15(16)23-17/h3-10,20,23-24H,11-12H2,1-2H3. The zero-order chi connectivity index (χ0) is 17.6. The number of fused-ring (bicyclic) bond motifs is 1. The third kappa shape index (κ3) is 2.82. The fourth-order valence-corrected chi connectivity index (χ4v) is 3.83. The summed E-state index contributed by atoms with van der Waals surface area (Å²) < 4.78 is 14.5. The summed E-state index contributed by atoms with van der Waals surface area (Å²) in [4.78, 5) is 13.0. The van der Waals surface area contributed by atoms with Gasteiger partial charge in [0.25, 0.3) is 0 Å². The Balaban J connectivity index is 1.92. The number of Topliss-reactive ketones (excluding diaryl/α,β-unsaturated/α-hetero) is 1. The lowest BCUT2D eigenvalue weighted by atomic mass is 9.73. The van der Waals surface area contributed by atoms with Gasteiger partial charge in [0.1, 0.15) is 5.82 Å². The molecule has 0 radical (unpaired) electrons. The summed E-state index contributed by atoms with van der Waals surface area (Å²) in [5, 5.41) is 6.83. The van der Waals surface area contributed by atoms with E-state index in [0.29, 0.717) is 17.6 Å². The second-order valence-electron chi connectivity index (χ2n) is 7.60. The minimum absolute atomic E-state index is 0.0762. The lowest BCUT2D eigenvalue weighted by molar-refractivity contribution is -0.118. The van der Waals surface area contributed by atoms with E-state index in [9.17, 15) is 9.18 Å². The first-order valence-corrected chi connectivity index (χ1v) is 8.58. The molecular weight excluding hydrogens is 315 g/mol. The quantitative estimate of drug-likeness (QED) is 0.766. The molecule has 128 valence electrons. The number of ketones is 1. The predicted molar refractivity (Wildman–Crippen MR) is 97.9 cm³/mol. The van der Waals surface area contributed by atoms with Gasteiger partial charge in [0.15, 0.2) is 5.78 Å². The number of hydrogen-bond donors (Lipinski definition) is 2. The molecule has 25 heavy (non-hydrogen) atoms. The number of nitrogens with one attached hydrogen (secondary N) is 2. The van der Waals surface area contributed by atoms with E-state index in [0.717, 1.165) is 23.5 Å². The number of halogens is 1. The molecule has 1 unspecified atom stereocenters. The van der Waals surface area contributed by atoms with Gasteiger partial charge in [-0.1, -0.05) is 44.2 Å². The minimum Gasteiger partial charge on any atom is -0.372 e. The molecule has 0 saturated heterocycles. The minimum atomic E-state index is -0.490. The number of hydrogen-bond acceptors (Lipinski definition) is 3. The molecule has 0 amide bonds. The van der Waals surface area contributed by atoms with Gasteiger partial charge in [-0.15, -0.1) is 0 Å². The first-order chi connectivity index (χ1) is 11.9. The molecule has 3 nitrogen and oxygen atoms in total. The van der Waals surface area contributed by atoms with Crippen LogP contribution in [0.2, 0.25) is 0 Å². The fraction of sp³-hybridized carbons (Fsp3) is 0.286. The van der Waals surface area contributed by atoms with Gasteiger partial charge in [-0.05, 0) is 30.0 Å². The summed E-state index contributed by atoms with van der Waals surface area (Å²) in [5.41, 5.74) is 3.73. The van der Waals surface area contributed by atoms with Crippen molar-refractivity contribution in [3.63, 3.8) is 0 Å². The van der Waals surface area contributed by atoms with Gasteiger partial charge in [0.05, 0.1) is 17.4 Å². The molecule has 0 fully saturated rings. The first-order valence-electron chi connectivity index (χ1n) is 8.58. The normalized spacial score (nSPS) is 21.6. The smallest absolute Gasteiger partial charge is 0.163 e. The van der Waals surface area contributed by atoms with E-state index in [2.05, 4.69) is 24.5 Å². The molecule has 0 aromatic heterocycles. The molecule has 0 spiro atoms. The Morgan fingerprint density at radius 2 is 1.68 bits per heavy atom. The molecule has 2 aromatic carbocycles. The van der Waals surface area contributed by atoms with Crippen molar-refractivity contribution in [1.82, 2.24) is 0 Å². The van der Waals surface area contributed by atoms with E-state index >= 15 is 0 Å². The summed E-state index contributed by atoms with van der Waals surface area (Å²) in [6, 6.07) is 14.0. The second-order valence-corrected chi connectivity index (χ2v) is 7.60. The number of benzene rings is 2. The number of allylic oxidation sites excluding steroid dienone is 1. The third-order valence-corrected chi connectivity index (χ3v) is 4.94. The number of carbonyl (C=O) groups is 1. The summed E-state index contributed by atoms with van der Waals surface area (Å²) >= 11 is 0. The van der Waals surface area contributed by atoms with Crippen LogP contribution in [-0.4, -0.2) is 5.78 Å². The van der Waals surface area contributed by atoms with Crippen molar-refractivity contribution in [3.8, 4) is 0 Å². The highest BCUT2D eigenvalue weighted by molar-refractivity contribution is 6.01. The molecule has 2 aromatic rings. The topological polar surface area (TPSA) is 41.1 Å². The lowest BCUT2D eigenvalue weighted by Gasteiger charge is -2.34. The zero-order valence-corrected chi connectivity index (χ0v) is 14.4. The Labute approximate surface area is 146 Å². The lowest BCUT2D eigenvalue weighted by Crippen LogP contribution is -2.31. The first kappa shape index (κ1) is 15.9. The number of anilines is 2. The average molecular weight is 336 g/mol. The van der Waals surface area contributed by atoms with Gasteiger partial charge in [-0.3, -0.25) is 4.79 Å². The van der Waals surface area contributed by atoms with Gasteiger partial charge < -0.3 is 10.6 Å². The van der Waals surface area contributed by atoms with Gasteiger partial charge in [0, 0.05) is 23.3 Å². The maximum Gasteiger partial charge on any atom is 0.163 e. The zero-order valence-electron chi connectivity index (χ0n) is 14.4. The van der Waals surface area contributed by atoms with Crippen LogP contribution in [0.5, 0.6) is 0 Å².